The number of hydrogen-bond acceptors (Lipinski definition) is 6. The van der Waals surface area contributed by atoms with Crippen molar-refractivity contribution in [1.82, 2.24) is 0 Å². The van der Waals surface area contributed by atoms with Crippen molar-refractivity contribution in [2.75, 3.05) is 5.75 Å². The van der Waals surface area contributed by atoms with Gasteiger partial charge in [-0.1, -0.05) is 102 Å². The highest BCUT2D eigenvalue weighted by Gasteiger charge is 2.21. The van der Waals surface area contributed by atoms with Crippen LogP contribution in [0.15, 0.2) is 23.2 Å². The third-order valence-corrected chi connectivity index (χ3v) is 7.53. The molecule has 1 unspecified atom stereocenters. The van der Waals surface area contributed by atoms with Gasteiger partial charge in [-0.25, -0.2) is 11.6 Å². The third-order valence-electron chi connectivity index (χ3n) is 5.98. The van der Waals surface area contributed by atoms with E-state index in [1.807, 2.05) is 6.07 Å². The molecule has 7 nitrogen and oxygen atoms in total. The molecule has 0 heterocycles. The number of benzene rings is 1. The molecule has 0 aliphatic heterocycles. The molecule has 0 N–H and O–H groups in total. The number of nitrogens with zero attached hydrogens (tertiary/aromatic N) is 4. The van der Waals surface area contributed by atoms with Gasteiger partial charge in [-0.05, 0) is 18.6 Å². The van der Waals surface area contributed by atoms with Crippen LogP contribution in [0.25, 0.3) is 4.85 Å². The van der Waals surface area contributed by atoms with Crippen LogP contribution < -0.4 is 4.18 Å². The van der Waals surface area contributed by atoms with Crippen molar-refractivity contribution in [2.24, 2.45) is 4.99 Å². The molecule has 0 fully saturated rings. The maximum absolute atomic E-state index is 12.4. The van der Waals surface area contributed by atoms with Gasteiger partial charge in [-0.3, -0.25) is 4.85 Å². The molecule has 0 saturated carbocycles. The number of unbranched alkanes of at least 4 members (excludes halogenated alkanes) is 13. The number of aliphatic imine (C=N–C) groups is 1. The Bertz CT molecular complexity index is 1050. The molecule has 0 amide bonds. The SMILES string of the molecule is [C-]#[N+]C(C#N)C(CC#N)=Nc1cc(OS(=O)(=O)CCCCCCCCCCCCCCCC)ccc1Cl. The van der Waals surface area contributed by atoms with Crippen LogP contribution in [0.2, 0.25) is 5.02 Å². The fraction of sp³-hybridized carbons (Fsp3) is 0.643. The van der Waals surface area contributed by atoms with E-state index in [1.165, 1.54) is 82.4 Å². The third kappa shape index (κ3) is 14.7. The van der Waals surface area contributed by atoms with Crippen LogP contribution >= 0.6 is 11.6 Å². The van der Waals surface area contributed by atoms with Crippen LogP contribution in [-0.2, 0) is 10.1 Å². The van der Waals surface area contributed by atoms with Crippen LogP contribution in [0, 0.1) is 29.2 Å². The fourth-order valence-electron chi connectivity index (χ4n) is 3.90. The van der Waals surface area contributed by atoms with Crippen LogP contribution in [0.5, 0.6) is 5.75 Å². The summed E-state index contributed by atoms with van der Waals surface area (Å²) >= 11 is 6.15. The van der Waals surface area contributed by atoms with Gasteiger partial charge < -0.3 is 4.18 Å². The second-order valence-corrected chi connectivity index (χ2v) is 11.3. The van der Waals surface area contributed by atoms with Gasteiger partial charge in [-0.2, -0.15) is 18.9 Å². The zero-order chi connectivity index (χ0) is 27.4. The lowest BCUT2D eigenvalue weighted by Gasteiger charge is -2.09. The van der Waals surface area contributed by atoms with E-state index in [2.05, 4.69) is 16.8 Å². The minimum absolute atomic E-state index is 0.0427. The Kier molecular flexibility index (Phi) is 17.1. The van der Waals surface area contributed by atoms with Crippen LogP contribution in [0.1, 0.15) is 103 Å². The predicted molar refractivity (Wildman–Crippen MR) is 150 cm³/mol. The first kappa shape index (κ1) is 32.4. The zero-order valence-electron chi connectivity index (χ0n) is 21.9. The van der Waals surface area contributed by atoms with Gasteiger partial charge in [-0.15, -0.1) is 0 Å². The minimum atomic E-state index is -3.79. The van der Waals surface area contributed by atoms with Crippen molar-refractivity contribution in [1.29, 1.82) is 10.5 Å². The Morgan fingerprint density at radius 1 is 1.00 bits per heavy atom. The summed E-state index contributed by atoms with van der Waals surface area (Å²) < 4.78 is 30.1. The first-order valence-electron chi connectivity index (χ1n) is 13.3. The summed E-state index contributed by atoms with van der Waals surface area (Å²) in [5, 5.41) is 18.3. The Morgan fingerprint density at radius 3 is 2.03 bits per heavy atom. The normalized spacial score (nSPS) is 12.4. The quantitative estimate of drug-likeness (QED) is 0.0706. The van der Waals surface area contributed by atoms with Crippen LogP contribution in [0.3, 0.4) is 0 Å². The van der Waals surface area contributed by atoms with Gasteiger partial charge in [0.25, 0.3) is 0 Å². The minimum Gasteiger partial charge on any atom is -0.382 e. The van der Waals surface area contributed by atoms with E-state index in [9.17, 15) is 8.42 Å². The maximum Gasteiger partial charge on any atom is 0.346 e. The van der Waals surface area contributed by atoms with E-state index < -0.39 is 16.2 Å². The Morgan fingerprint density at radius 2 is 1.54 bits per heavy atom. The van der Waals surface area contributed by atoms with E-state index in [1.54, 1.807) is 6.07 Å². The van der Waals surface area contributed by atoms with Crippen molar-refractivity contribution in [2.45, 2.75) is 109 Å². The first-order chi connectivity index (χ1) is 17.9. The highest BCUT2D eigenvalue weighted by Crippen LogP contribution is 2.31. The van der Waals surface area contributed by atoms with Gasteiger partial charge in [0.15, 0.2) is 6.07 Å². The lowest BCUT2D eigenvalue weighted by molar-refractivity contribution is 0.481. The second-order valence-electron chi connectivity index (χ2n) is 9.15. The van der Waals surface area contributed by atoms with E-state index in [0.717, 1.165) is 19.3 Å². The largest absolute Gasteiger partial charge is 0.382 e. The Labute approximate surface area is 228 Å². The van der Waals surface area contributed by atoms with Crippen molar-refractivity contribution in [3.63, 3.8) is 0 Å². The maximum atomic E-state index is 12.4. The van der Waals surface area contributed by atoms with E-state index in [4.69, 9.17) is 32.9 Å². The second kappa shape index (κ2) is 19.5. The molecule has 0 aromatic heterocycles. The van der Waals surface area contributed by atoms with Crippen molar-refractivity contribution in [3.05, 3.63) is 34.6 Å². The highest BCUT2D eigenvalue weighted by molar-refractivity contribution is 7.87. The summed E-state index contributed by atoms with van der Waals surface area (Å²) in [4.78, 5) is 7.33. The number of hydrogen-bond donors (Lipinski definition) is 0. The van der Waals surface area contributed by atoms with E-state index in [-0.39, 0.29) is 34.3 Å². The standard InChI is InChI=1S/C28H39ClN4O3S/c1-3-4-5-6-7-8-9-10-11-12-13-14-15-16-21-37(34,35)36-24-17-18-25(29)27(22-24)33-26(19-20-30)28(23-31)32-2/h17-18,22,28H,3-16,19,21H2,1H3. The summed E-state index contributed by atoms with van der Waals surface area (Å²) in [5.74, 6) is -0.0404. The van der Waals surface area contributed by atoms with Crippen molar-refractivity contribution < 1.29 is 12.6 Å². The molecule has 9 heteroatoms. The zero-order valence-corrected chi connectivity index (χ0v) is 23.5. The first-order valence-corrected chi connectivity index (χ1v) is 15.2. The predicted octanol–water partition coefficient (Wildman–Crippen LogP) is 8.33. The lowest BCUT2D eigenvalue weighted by atomic mass is 10.0. The number of halogens is 1. The van der Waals surface area contributed by atoms with Crippen LogP contribution in [0.4, 0.5) is 5.69 Å². The summed E-state index contributed by atoms with van der Waals surface area (Å²) in [6, 6.07) is 6.63. The molecule has 0 radical (unpaired) electrons. The average Bonchev–Trinajstić information content (AvgIpc) is 2.87. The summed E-state index contributed by atoms with van der Waals surface area (Å²) in [7, 11) is -3.79. The van der Waals surface area contributed by atoms with Crippen LogP contribution in [-0.4, -0.2) is 25.9 Å². The molecule has 37 heavy (non-hydrogen) atoms. The number of nitriles is 2. The molecule has 0 spiro atoms. The summed E-state index contributed by atoms with van der Waals surface area (Å²) in [6.45, 7) is 9.34. The molecule has 1 rings (SSSR count). The van der Waals surface area contributed by atoms with E-state index in [0.29, 0.717) is 6.42 Å². The smallest absolute Gasteiger partial charge is 0.346 e. The van der Waals surface area contributed by atoms with Gasteiger partial charge in [0.2, 0.25) is 0 Å². The average molecular weight is 547 g/mol. The van der Waals surface area contributed by atoms with Crippen molar-refractivity contribution >= 4 is 33.1 Å². The Hall–Kier alpha value is -2.60. The summed E-state index contributed by atoms with van der Waals surface area (Å²) in [6.07, 6.45) is 16.4. The lowest BCUT2D eigenvalue weighted by Crippen LogP contribution is -2.14. The van der Waals surface area contributed by atoms with E-state index >= 15 is 0 Å². The molecule has 0 bridgehead atoms. The molecule has 0 aliphatic rings. The molecule has 1 aromatic rings. The molecule has 1 atom stereocenters. The van der Waals surface area contributed by atoms with Gasteiger partial charge in [0.1, 0.15) is 11.5 Å². The molecular formula is C28H39ClN4O3S. The summed E-state index contributed by atoms with van der Waals surface area (Å²) in [5.41, 5.74) is 0.185. The molecular weight excluding hydrogens is 508 g/mol. The highest BCUT2D eigenvalue weighted by atomic mass is 35.5. The molecule has 1 aromatic carbocycles. The topological polar surface area (TPSA) is 108 Å². The van der Waals surface area contributed by atoms with Gasteiger partial charge >= 0.3 is 16.2 Å². The molecule has 0 saturated heterocycles. The molecule has 202 valence electrons. The fourth-order valence-corrected chi connectivity index (χ4v) is 5.10. The Balaban J connectivity index is 2.40. The van der Waals surface area contributed by atoms with Gasteiger partial charge in [0, 0.05) is 6.07 Å². The number of rotatable bonds is 20. The molecule has 0 aliphatic carbocycles. The monoisotopic (exact) mass is 546 g/mol. The van der Waals surface area contributed by atoms with Crippen molar-refractivity contribution in [3.8, 4) is 17.9 Å². The van der Waals surface area contributed by atoms with Gasteiger partial charge in [0.05, 0.1) is 29.0 Å².